The maximum atomic E-state index is 5.78. The Morgan fingerprint density at radius 2 is 2.00 bits per heavy atom. The molecule has 1 aromatic carbocycles. The van der Waals surface area contributed by atoms with E-state index >= 15 is 0 Å². The molecule has 1 aliphatic carbocycles. The van der Waals surface area contributed by atoms with Crippen LogP contribution in [0.5, 0.6) is 5.75 Å². The zero-order valence-electron chi connectivity index (χ0n) is 12.7. The van der Waals surface area contributed by atoms with E-state index in [0.29, 0.717) is 19.2 Å². The predicted octanol–water partition coefficient (Wildman–Crippen LogP) is 2.23. The Kier molecular flexibility index (Phi) is 4.20. The summed E-state index contributed by atoms with van der Waals surface area (Å²) in [7, 11) is 0. The van der Waals surface area contributed by atoms with Crippen molar-refractivity contribution in [3.8, 4) is 5.75 Å². The molecule has 0 radical (unpaired) electrons. The lowest BCUT2D eigenvalue weighted by Crippen LogP contribution is -2.15. The van der Waals surface area contributed by atoms with Crippen molar-refractivity contribution < 1.29 is 4.74 Å². The Balaban J connectivity index is 1.46. The molecule has 1 fully saturated rings. The second kappa shape index (κ2) is 6.26. The van der Waals surface area contributed by atoms with Gasteiger partial charge in [-0.15, -0.1) is 5.10 Å². The Morgan fingerprint density at radius 3 is 2.71 bits per heavy atom. The van der Waals surface area contributed by atoms with E-state index in [-0.39, 0.29) is 0 Å². The highest BCUT2D eigenvalue weighted by Crippen LogP contribution is 2.19. The number of aryl methyl sites for hydroxylation is 2. The predicted molar refractivity (Wildman–Crippen MR) is 81.3 cm³/mol. The molecule has 1 aliphatic rings. The van der Waals surface area contributed by atoms with Crippen LogP contribution >= 0.6 is 0 Å². The molecule has 1 heterocycles. The summed E-state index contributed by atoms with van der Waals surface area (Å²) < 4.78 is 7.62. The Morgan fingerprint density at radius 1 is 1.24 bits per heavy atom. The Bertz CT molecular complexity index is 584. The van der Waals surface area contributed by atoms with Crippen LogP contribution in [-0.4, -0.2) is 27.6 Å². The molecule has 2 aromatic rings. The Labute approximate surface area is 125 Å². The molecule has 21 heavy (non-hydrogen) atoms. The van der Waals surface area contributed by atoms with Crippen LogP contribution in [0.4, 0.5) is 0 Å². The largest absolute Gasteiger partial charge is 0.492 e. The molecule has 5 nitrogen and oxygen atoms in total. The molecule has 0 bridgehead atoms. The summed E-state index contributed by atoms with van der Waals surface area (Å²) in [5.74, 6) is 0.920. The molecule has 0 unspecified atom stereocenters. The van der Waals surface area contributed by atoms with Gasteiger partial charge in [0.15, 0.2) is 0 Å². The summed E-state index contributed by atoms with van der Waals surface area (Å²) in [4.78, 5) is 0. The maximum absolute atomic E-state index is 5.78. The number of rotatable bonds is 7. The van der Waals surface area contributed by atoms with Gasteiger partial charge in [-0.25, -0.2) is 4.68 Å². The second-order valence-corrected chi connectivity index (χ2v) is 5.80. The van der Waals surface area contributed by atoms with E-state index in [1.54, 1.807) is 0 Å². The smallest absolute Gasteiger partial charge is 0.119 e. The van der Waals surface area contributed by atoms with E-state index in [1.807, 2.05) is 10.9 Å². The topological polar surface area (TPSA) is 52.0 Å². The molecule has 0 spiro atoms. The van der Waals surface area contributed by atoms with Gasteiger partial charge in [0.05, 0.1) is 12.2 Å². The summed E-state index contributed by atoms with van der Waals surface area (Å²) in [6.45, 7) is 6.28. The van der Waals surface area contributed by atoms with Gasteiger partial charge >= 0.3 is 0 Å². The molecular weight excluding hydrogens is 264 g/mol. The first-order chi connectivity index (χ1) is 10.2. The number of hydrogen-bond acceptors (Lipinski definition) is 4. The number of nitrogens with zero attached hydrogens (tertiary/aromatic N) is 3. The minimum Gasteiger partial charge on any atom is -0.492 e. The summed E-state index contributed by atoms with van der Waals surface area (Å²) in [5, 5.41) is 11.7. The zero-order valence-corrected chi connectivity index (χ0v) is 12.7. The van der Waals surface area contributed by atoms with E-state index < -0.39 is 0 Å². The third-order valence-electron chi connectivity index (χ3n) is 3.52. The lowest BCUT2D eigenvalue weighted by Gasteiger charge is -2.08. The molecule has 1 aromatic heterocycles. The molecule has 0 atom stereocenters. The third kappa shape index (κ3) is 4.29. The minimum atomic E-state index is 0.599. The van der Waals surface area contributed by atoms with Crippen molar-refractivity contribution in [3.63, 3.8) is 0 Å². The lowest BCUT2D eigenvalue weighted by atomic mass is 10.1. The first-order valence-electron chi connectivity index (χ1n) is 7.52. The fraction of sp³-hybridized carbons (Fsp3) is 0.500. The van der Waals surface area contributed by atoms with Crippen LogP contribution in [0.3, 0.4) is 0 Å². The van der Waals surface area contributed by atoms with Gasteiger partial charge in [-0.1, -0.05) is 11.3 Å². The molecule has 1 N–H and O–H groups in total. The van der Waals surface area contributed by atoms with Gasteiger partial charge in [-0.2, -0.15) is 0 Å². The van der Waals surface area contributed by atoms with Gasteiger partial charge in [0.2, 0.25) is 0 Å². The maximum Gasteiger partial charge on any atom is 0.119 e. The SMILES string of the molecule is Cc1cc(C)cc(OCCn2cc(CNC3CC3)nn2)c1. The fourth-order valence-electron chi connectivity index (χ4n) is 2.34. The van der Waals surface area contributed by atoms with Crippen LogP contribution in [0.1, 0.15) is 29.7 Å². The first-order valence-corrected chi connectivity index (χ1v) is 7.52. The standard InChI is InChI=1S/C16H22N4O/c1-12-7-13(2)9-16(8-12)21-6-5-20-11-15(18-19-20)10-17-14-3-4-14/h7-9,11,14,17H,3-6,10H2,1-2H3. The van der Waals surface area contributed by atoms with Crippen LogP contribution in [-0.2, 0) is 13.1 Å². The van der Waals surface area contributed by atoms with Gasteiger partial charge in [0.25, 0.3) is 0 Å². The lowest BCUT2D eigenvalue weighted by molar-refractivity contribution is 0.289. The number of nitrogens with one attached hydrogen (secondary N) is 1. The van der Waals surface area contributed by atoms with Crippen molar-refractivity contribution in [2.75, 3.05) is 6.61 Å². The first kappa shape index (κ1) is 14.1. The van der Waals surface area contributed by atoms with E-state index in [2.05, 4.69) is 47.7 Å². The summed E-state index contributed by atoms with van der Waals surface area (Å²) in [5.41, 5.74) is 3.44. The molecule has 0 aliphatic heterocycles. The average Bonchev–Trinajstić information content (AvgIpc) is 3.15. The summed E-state index contributed by atoms with van der Waals surface area (Å²) in [6.07, 6.45) is 4.57. The van der Waals surface area contributed by atoms with Crippen LogP contribution in [0.25, 0.3) is 0 Å². The number of ether oxygens (including phenoxy) is 1. The van der Waals surface area contributed by atoms with E-state index in [4.69, 9.17) is 4.74 Å². The molecular formula is C16H22N4O. The van der Waals surface area contributed by atoms with Gasteiger partial charge in [0, 0.05) is 18.8 Å². The minimum absolute atomic E-state index is 0.599. The quantitative estimate of drug-likeness (QED) is 0.848. The van der Waals surface area contributed by atoms with E-state index in [9.17, 15) is 0 Å². The fourth-order valence-corrected chi connectivity index (χ4v) is 2.34. The van der Waals surface area contributed by atoms with E-state index in [1.165, 1.54) is 24.0 Å². The van der Waals surface area contributed by atoms with Crippen molar-refractivity contribution >= 4 is 0 Å². The van der Waals surface area contributed by atoms with Crippen molar-refractivity contribution in [1.82, 2.24) is 20.3 Å². The van der Waals surface area contributed by atoms with Crippen LogP contribution in [0.2, 0.25) is 0 Å². The number of benzene rings is 1. The second-order valence-electron chi connectivity index (χ2n) is 5.80. The molecule has 112 valence electrons. The molecule has 0 amide bonds. The zero-order chi connectivity index (χ0) is 14.7. The van der Waals surface area contributed by atoms with Gasteiger partial charge in [-0.3, -0.25) is 0 Å². The summed E-state index contributed by atoms with van der Waals surface area (Å²) in [6, 6.07) is 6.95. The van der Waals surface area contributed by atoms with Crippen LogP contribution in [0.15, 0.2) is 24.4 Å². The van der Waals surface area contributed by atoms with Gasteiger partial charge < -0.3 is 10.1 Å². The van der Waals surface area contributed by atoms with Gasteiger partial charge in [-0.05, 0) is 49.9 Å². The monoisotopic (exact) mass is 286 g/mol. The van der Waals surface area contributed by atoms with Crippen molar-refractivity contribution in [2.45, 2.75) is 45.8 Å². The van der Waals surface area contributed by atoms with Gasteiger partial charge in [0.1, 0.15) is 12.4 Å². The highest BCUT2D eigenvalue weighted by molar-refractivity contribution is 5.32. The van der Waals surface area contributed by atoms with Crippen molar-refractivity contribution in [2.24, 2.45) is 0 Å². The van der Waals surface area contributed by atoms with Crippen molar-refractivity contribution in [1.29, 1.82) is 0 Å². The highest BCUT2D eigenvalue weighted by Gasteiger charge is 2.20. The van der Waals surface area contributed by atoms with Crippen LogP contribution in [0, 0.1) is 13.8 Å². The molecule has 1 saturated carbocycles. The third-order valence-corrected chi connectivity index (χ3v) is 3.52. The number of hydrogen-bond donors (Lipinski definition) is 1. The van der Waals surface area contributed by atoms with Crippen LogP contribution < -0.4 is 10.1 Å². The Hall–Kier alpha value is -1.88. The summed E-state index contributed by atoms with van der Waals surface area (Å²) >= 11 is 0. The molecule has 5 heteroatoms. The highest BCUT2D eigenvalue weighted by atomic mass is 16.5. The number of aromatic nitrogens is 3. The van der Waals surface area contributed by atoms with E-state index in [0.717, 1.165) is 18.0 Å². The van der Waals surface area contributed by atoms with Crippen molar-refractivity contribution in [3.05, 3.63) is 41.2 Å². The average molecular weight is 286 g/mol. The normalized spacial score (nSPS) is 14.4. The molecule has 0 saturated heterocycles. The molecule has 3 rings (SSSR count).